The van der Waals surface area contributed by atoms with Gasteiger partial charge in [-0.2, -0.15) is 0 Å². The maximum atomic E-state index is 12.0. The summed E-state index contributed by atoms with van der Waals surface area (Å²) in [5.41, 5.74) is 0. The number of likely N-dealkylation sites (N-methyl/N-ethyl adjacent to an activating group) is 1. The molecule has 0 amide bonds. The second-order valence-corrected chi connectivity index (χ2v) is 7.87. The van der Waals surface area contributed by atoms with Crippen LogP contribution in [0.4, 0.5) is 0 Å². The van der Waals surface area contributed by atoms with Crippen LogP contribution in [-0.2, 0) is 16.6 Å². The Morgan fingerprint density at radius 1 is 1.42 bits per heavy atom. The van der Waals surface area contributed by atoms with E-state index in [4.69, 9.17) is 0 Å². The SMILES string of the molecule is CN(C)CCNS(=O)(=O)c1csc(CNC2CC2)c1. The van der Waals surface area contributed by atoms with Gasteiger partial charge in [0.25, 0.3) is 0 Å². The summed E-state index contributed by atoms with van der Waals surface area (Å²) in [6.45, 7) is 1.89. The number of thiophene rings is 1. The van der Waals surface area contributed by atoms with Gasteiger partial charge in [-0.3, -0.25) is 0 Å². The Balaban J connectivity index is 1.87. The molecule has 1 aromatic rings. The summed E-state index contributed by atoms with van der Waals surface area (Å²) >= 11 is 1.49. The van der Waals surface area contributed by atoms with E-state index in [0.717, 1.165) is 11.4 Å². The van der Waals surface area contributed by atoms with E-state index in [-0.39, 0.29) is 0 Å². The van der Waals surface area contributed by atoms with Gasteiger partial charge >= 0.3 is 0 Å². The Hall–Kier alpha value is -0.470. The molecule has 7 heteroatoms. The highest BCUT2D eigenvalue weighted by molar-refractivity contribution is 7.89. The van der Waals surface area contributed by atoms with Gasteiger partial charge in [-0.25, -0.2) is 13.1 Å². The van der Waals surface area contributed by atoms with Crippen molar-refractivity contribution in [1.29, 1.82) is 0 Å². The average Bonchev–Trinajstić information content (AvgIpc) is 3.02. The quantitative estimate of drug-likeness (QED) is 0.747. The maximum Gasteiger partial charge on any atom is 0.241 e. The molecule has 1 saturated carbocycles. The van der Waals surface area contributed by atoms with Crippen LogP contribution in [0.15, 0.2) is 16.3 Å². The molecule has 108 valence electrons. The topological polar surface area (TPSA) is 61.4 Å². The number of nitrogens with one attached hydrogen (secondary N) is 2. The summed E-state index contributed by atoms with van der Waals surface area (Å²) in [6.07, 6.45) is 2.48. The lowest BCUT2D eigenvalue weighted by atomic mass is 10.4. The maximum absolute atomic E-state index is 12.0. The first kappa shape index (κ1) is 14.9. The van der Waals surface area contributed by atoms with Crippen molar-refractivity contribution in [3.8, 4) is 0 Å². The zero-order chi connectivity index (χ0) is 13.9. The van der Waals surface area contributed by atoms with Crippen molar-refractivity contribution < 1.29 is 8.42 Å². The number of nitrogens with zero attached hydrogens (tertiary/aromatic N) is 1. The Morgan fingerprint density at radius 3 is 2.79 bits per heavy atom. The number of hydrogen-bond acceptors (Lipinski definition) is 5. The predicted octanol–water partition coefficient (Wildman–Crippen LogP) is 0.840. The van der Waals surface area contributed by atoms with E-state index in [2.05, 4.69) is 10.0 Å². The molecule has 2 N–H and O–H groups in total. The fraction of sp³-hybridized carbons (Fsp3) is 0.667. The van der Waals surface area contributed by atoms with Crippen molar-refractivity contribution in [3.05, 3.63) is 16.3 Å². The Kier molecular flexibility index (Phi) is 4.97. The summed E-state index contributed by atoms with van der Waals surface area (Å²) in [7, 11) is 0.482. The van der Waals surface area contributed by atoms with Crippen LogP contribution in [0.25, 0.3) is 0 Å². The van der Waals surface area contributed by atoms with E-state index in [1.165, 1.54) is 24.2 Å². The van der Waals surface area contributed by atoms with Gasteiger partial charge in [0.2, 0.25) is 10.0 Å². The molecular formula is C12H21N3O2S2. The summed E-state index contributed by atoms with van der Waals surface area (Å²) < 4.78 is 26.7. The fourth-order valence-corrected chi connectivity index (χ4v) is 3.86. The third kappa shape index (κ3) is 4.85. The third-order valence-corrected chi connectivity index (χ3v) is 5.46. The van der Waals surface area contributed by atoms with E-state index in [1.807, 2.05) is 19.0 Å². The van der Waals surface area contributed by atoms with Crippen molar-refractivity contribution in [2.45, 2.75) is 30.3 Å². The van der Waals surface area contributed by atoms with Crippen molar-refractivity contribution in [2.75, 3.05) is 27.2 Å². The third-order valence-electron chi connectivity index (χ3n) is 2.93. The summed E-state index contributed by atoms with van der Waals surface area (Å²) in [4.78, 5) is 3.39. The Bertz CT molecular complexity index is 507. The van der Waals surface area contributed by atoms with Crippen LogP contribution < -0.4 is 10.0 Å². The highest BCUT2D eigenvalue weighted by Gasteiger charge is 2.21. The van der Waals surface area contributed by atoms with E-state index < -0.39 is 10.0 Å². The lowest BCUT2D eigenvalue weighted by Gasteiger charge is -2.10. The minimum atomic E-state index is -3.35. The second-order valence-electron chi connectivity index (χ2n) is 5.10. The summed E-state index contributed by atoms with van der Waals surface area (Å²) in [6, 6.07) is 2.40. The minimum absolute atomic E-state index is 0.379. The largest absolute Gasteiger partial charge is 0.309 e. The Labute approximate surface area is 119 Å². The van der Waals surface area contributed by atoms with E-state index in [0.29, 0.717) is 24.0 Å². The smallest absolute Gasteiger partial charge is 0.241 e. The van der Waals surface area contributed by atoms with Crippen molar-refractivity contribution >= 4 is 21.4 Å². The van der Waals surface area contributed by atoms with Crippen molar-refractivity contribution in [1.82, 2.24) is 14.9 Å². The molecule has 1 heterocycles. The molecule has 0 bridgehead atoms. The minimum Gasteiger partial charge on any atom is -0.309 e. The molecule has 0 unspecified atom stereocenters. The number of rotatable bonds is 8. The van der Waals surface area contributed by atoms with Crippen LogP contribution in [0.2, 0.25) is 0 Å². The van der Waals surface area contributed by atoms with Gasteiger partial charge in [0.1, 0.15) is 0 Å². The first-order valence-electron chi connectivity index (χ1n) is 6.42. The van der Waals surface area contributed by atoms with Gasteiger partial charge in [0.05, 0.1) is 4.90 Å². The summed E-state index contributed by atoms with van der Waals surface area (Å²) in [5, 5.41) is 5.09. The molecule has 1 fully saturated rings. The molecule has 2 rings (SSSR count). The molecule has 0 saturated heterocycles. The fourth-order valence-electron chi connectivity index (χ4n) is 1.61. The average molecular weight is 303 g/mol. The first-order valence-corrected chi connectivity index (χ1v) is 8.79. The normalized spacial score (nSPS) is 16.2. The predicted molar refractivity (Wildman–Crippen MR) is 77.9 cm³/mol. The standard InChI is InChI=1S/C12H21N3O2S2/c1-15(2)6-5-14-19(16,17)12-7-11(18-9-12)8-13-10-3-4-10/h7,9-10,13-14H,3-6,8H2,1-2H3. The molecular weight excluding hydrogens is 282 g/mol. The summed E-state index contributed by atoms with van der Waals surface area (Å²) in [5.74, 6) is 0. The first-order chi connectivity index (χ1) is 8.97. The van der Waals surface area contributed by atoms with E-state index in [9.17, 15) is 8.42 Å². The zero-order valence-electron chi connectivity index (χ0n) is 11.3. The highest BCUT2D eigenvalue weighted by atomic mass is 32.2. The van der Waals surface area contributed by atoms with Gasteiger partial charge in [0.15, 0.2) is 0 Å². The van der Waals surface area contributed by atoms with Crippen LogP contribution in [-0.4, -0.2) is 46.5 Å². The Morgan fingerprint density at radius 2 is 2.16 bits per heavy atom. The van der Waals surface area contributed by atoms with Crippen LogP contribution in [0.3, 0.4) is 0 Å². The van der Waals surface area contributed by atoms with Gasteiger partial charge in [-0.05, 0) is 33.0 Å². The monoisotopic (exact) mass is 303 g/mol. The second kappa shape index (κ2) is 6.32. The van der Waals surface area contributed by atoms with Crippen LogP contribution in [0.1, 0.15) is 17.7 Å². The molecule has 1 aliphatic rings. The number of sulfonamides is 1. The molecule has 0 aliphatic heterocycles. The van der Waals surface area contributed by atoms with E-state index >= 15 is 0 Å². The number of hydrogen-bond donors (Lipinski definition) is 2. The molecule has 19 heavy (non-hydrogen) atoms. The zero-order valence-corrected chi connectivity index (χ0v) is 13.0. The lowest BCUT2D eigenvalue weighted by molar-refractivity contribution is 0.412. The van der Waals surface area contributed by atoms with E-state index in [1.54, 1.807) is 11.4 Å². The molecule has 1 aliphatic carbocycles. The van der Waals surface area contributed by atoms with Crippen LogP contribution in [0.5, 0.6) is 0 Å². The van der Waals surface area contributed by atoms with Crippen molar-refractivity contribution in [3.63, 3.8) is 0 Å². The molecule has 0 radical (unpaired) electrons. The lowest BCUT2D eigenvalue weighted by Crippen LogP contribution is -2.31. The van der Waals surface area contributed by atoms with Crippen LogP contribution >= 0.6 is 11.3 Å². The molecule has 0 spiro atoms. The van der Waals surface area contributed by atoms with Gasteiger partial charge in [-0.15, -0.1) is 11.3 Å². The molecule has 0 atom stereocenters. The molecule has 1 aromatic heterocycles. The van der Waals surface area contributed by atoms with Crippen LogP contribution in [0, 0.1) is 0 Å². The van der Waals surface area contributed by atoms with Gasteiger partial charge in [0, 0.05) is 35.9 Å². The molecule has 5 nitrogen and oxygen atoms in total. The highest BCUT2D eigenvalue weighted by Crippen LogP contribution is 2.22. The molecule has 0 aromatic carbocycles. The van der Waals surface area contributed by atoms with Crippen molar-refractivity contribution in [2.24, 2.45) is 0 Å². The van der Waals surface area contributed by atoms with Gasteiger partial charge < -0.3 is 10.2 Å². The van der Waals surface area contributed by atoms with Gasteiger partial charge in [-0.1, -0.05) is 0 Å².